The van der Waals surface area contributed by atoms with Crippen LogP contribution in [-0.2, 0) is 19.6 Å². The average molecular weight is 431 g/mol. The molecule has 1 fully saturated rings. The molecule has 7 nitrogen and oxygen atoms in total. The van der Waals surface area contributed by atoms with E-state index in [4.69, 9.17) is 4.74 Å². The second-order valence-corrected chi connectivity index (χ2v) is 8.95. The maximum absolute atomic E-state index is 12.9. The minimum atomic E-state index is -3.75. The zero-order valence-electron chi connectivity index (χ0n) is 17.1. The van der Waals surface area contributed by atoms with Crippen LogP contribution in [0.15, 0.2) is 53.4 Å². The highest BCUT2D eigenvalue weighted by Gasteiger charge is 2.29. The van der Waals surface area contributed by atoms with Crippen LogP contribution in [0.4, 0.5) is 5.69 Å². The maximum atomic E-state index is 12.9. The lowest BCUT2D eigenvalue weighted by atomic mass is 9.96. The smallest absolute Gasteiger partial charge is 0.309 e. The molecule has 1 amide bonds. The summed E-state index contributed by atoms with van der Waals surface area (Å²) < 4.78 is 32.9. The molecule has 3 rings (SSSR count). The van der Waals surface area contributed by atoms with Crippen LogP contribution in [0.5, 0.6) is 0 Å². The number of likely N-dealkylation sites (tertiary alicyclic amines) is 1. The summed E-state index contributed by atoms with van der Waals surface area (Å²) in [6.07, 6.45) is 1.12. The summed E-state index contributed by atoms with van der Waals surface area (Å²) in [6, 6.07) is 13.1. The van der Waals surface area contributed by atoms with Crippen LogP contribution in [0.2, 0.25) is 0 Å². The van der Waals surface area contributed by atoms with Gasteiger partial charge < -0.3 is 9.64 Å². The molecule has 8 heteroatoms. The van der Waals surface area contributed by atoms with E-state index in [1.807, 2.05) is 0 Å². The van der Waals surface area contributed by atoms with Crippen LogP contribution in [0, 0.1) is 12.8 Å². The van der Waals surface area contributed by atoms with E-state index >= 15 is 0 Å². The zero-order valence-corrected chi connectivity index (χ0v) is 17.9. The van der Waals surface area contributed by atoms with Crippen LogP contribution in [0.25, 0.3) is 0 Å². The first kappa shape index (κ1) is 21.8. The number of carbonyl (C=O) groups excluding carboxylic acids is 2. The molecule has 0 saturated carbocycles. The van der Waals surface area contributed by atoms with Gasteiger partial charge in [0.05, 0.1) is 23.1 Å². The van der Waals surface area contributed by atoms with Crippen LogP contribution < -0.4 is 4.72 Å². The fraction of sp³-hybridized carbons (Fsp3) is 0.364. The Morgan fingerprint density at radius 1 is 1.10 bits per heavy atom. The summed E-state index contributed by atoms with van der Waals surface area (Å²) in [5.74, 6) is -0.574. The Kier molecular flexibility index (Phi) is 6.77. The van der Waals surface area contributed by atoms with Crippen LogP contribution in [0.1, 0.15) is 35.7 Å². The van der Waals surface area contributed by atoms with Crippen LogP contribution in [-0.4, -0.2) is 44.9 Å². The summed E-state index contributed by atoms with van der Waals surface area (Å²) >= 11 is 0. The van der Waals surface area contributed by atoms with Gasteiger partial charge in [-0.05, 0) is 56.5 Å². The minimum absolute atomic E-state index is 0.155. The molecular weight excluding hydrogens is 404 g/mol. The fourth-order valence-corrected chi connectivity index (χ4v) is 4.57. The number of nitrogens with zero attached hydrogens (tertiary/aromatic N) is 1. The van der Waals surface area contributed by atoms with E-state index in [9.17, 15) is 18.0 Å². The molecule has 30 heavy (non-hydrogen) atoms. The van der Waals surface area contributed by atoms with Crippen LogP contribution in [0.3, 0.4) is 0 Å². The summed E-state index contributed by atoms with van der Waals surface area (Å²) in [4.78, 5) is 26.7. The molecule has 0 spiro atoms. The highest BCUT2D eigenvalue weighted by molar-refractivity contribution is 7.92. The zero-order chi connectivity index (χ0) is 21.7. The molecule has 1 heterocycles. The van der Waals surface area contributed by atoms with Crippen molar-refractivity contribution >= 4 is 27.6 Å². The average Bonchev–Trinajstić information content (AvgIpc) is 2.75. The SMILES string of the molecule is CCOC(=O)C1CCN(C(=O)c2ccc(C)c(NS(=O)(=O)c3ccccc3)c2)CC1. The first-order valence-electron chi connectivity index (χ1n) is 9.96. The number of carbonyl (C=O) groups is 2. The molecule has 0 atom stereocenters. The van der Waals surface area contributed by atoms with Crippen molar-refractivity contribution in [1.29, 1.82) is 0 Å². The lowest BCUT2D eigenvalue weighted by Gasteiger charge is -2.31. The third kappa shape index (κ3) is 4.99. The summed E-state index contributed by atoms with van der Waals surface area (Å²) in [7, 11) is -3.75. The normalized spacial score (nSPS) is 14.9. The Hall–Kier alpha value is -2.87. The number of esters is 1. The van der Waals surface area contributed by atoms with Crippen molar-refractivity contribution in [2.75, 3.05) is 24.4 Å². The van der Waals surface area contributed by atoms with Gasteiger partial charge in [0.25, 0.3) is 15.9 Å². The highest BCUT2D eigenvalue weighted by Crippen LogP contribution is 2.24. The predicted molar refractivity (Wildman–Crippen MR) is 114 cm³/mol. The first-order valence-corrected chi connectivity index (χ1v) is 11.4. The largest absolute Gasteiger partial charge is 0.466 e. The molecular formula is C22H26N2O5S. The molecule has 1 aliphatic rings. The molecule has 0 radical (unpaired) electrons. The Morgan fingerprint density at radius 3 is 2.40 bits per heavy atom. The van der Waals surface area contributed by atoms with Gasteiger partial charge in [0, 0.05) is 18.7 Å². The number of nitrogens with one attached hydrogen (secondary N) is 1. The van der Waals surface area contributed by atoms with Crippen molar-refractivity contribution in [2.24, 2.45) is 5.92 Å². The molecule has 1 aliphatic heterocycles. The molecule has 1 N–H and O–H groups in total. The van der Waals surface area contributed by atoms with E-state index < -0.39 is 10.0 Å². The van der Waals surface area contributed by atoms with Gasteiger partial charge in [-0.3, -0.25) is 14.3 Å². The number of anilines is 1. The van der Waals surface area contributed by atoms with Gasteiger partial charge in [0.1, 0.15) is 0 Å². The molecule has 1 saturated heterocycles. The molecule has 160 valence electrons. The Balaban J connectivity index is 1.72. The summed E-state index contributed by atoms with van der Waals surface area (Å²) in [5, 5.41) is 0. The lowest BCUT2D eigenvalue weighted by Crippen LogP contribution is -2.40. The third-order valence-electron chi connectivity index (χ3n) is 5.18. The monoisotopic (exact) mass is 430 g/mol. The first-order chi connectivity index (χ1) is 14.3. The predicted octanol–water partition coefficient (Wildman–Crippen LogP) is 3.21. The van der Waals surface area contributed by atoms with E-state index in [1.54, 1.807) is 55.1 Å². The number of ether oxygens (including phenoxy) is 1. The van der Waals surface area contributed by atoms with E-state index in [1.165, 1.54) is 12.1 Å². The molecule has 0 aromatic heterocycles. The van der Waals surface area contributed by atoms with E-state index in [-0.39, 0.29) is 22.7 Å². The molecule has 2 aromatic carbocycles. The van der Waals surface area contributed by atoms with Crippen molar-refractivity contribution in [1.82, 2.24) is 4.90 Å². The topological polar surface area (TPSA) is 92.8 Å². The minimum Gasteiger partial charge on any atom is -0.466 e. The van der Waals surface area contributed by atoms with Gasteiger partial charge in [-0.2, -0.15) is 0 Å². The van der Waals surface area contributed by atoms with E-state index in [0.717, 1.165) is 0 Å². The number of aryl methyl sites for hydroxylation is 1. The lowest BCUT2D eigenvalue weighted by molar-refractivity contribution is -0.149. The number of hydrogen-bond acceptors (Lipinski definition) is 5. The molecule has 0 bridgehead atoms. The van der Waals surface area contributed by atoms with E-state index in [2.05, 4.69) is 4.72 Å². The van der Waals surface area contributed by atoms with Gasteiger partial charge >= 0.3 is 5.97 Å². The molecule has 2 aromatic rings. The Labute approximate surface area is 177 Å². The van der Waals surface area contributed by atoms with Crippen LogP contribution >= 0.6 is 0 Å². The number of amides is 1. The van der Waals surface area contributed by atoms with Gasteiger partial charge in [0.15, 0.2) is 0 Å². The summed E-state index contributed by atoms with van der Waals surface area (Å²) in [5.41, 5.74) is 1.49. The standard InChI is InChI=1S/C22H26N2O5S/c1-3-29-22(26)17-11-13-24(14-12-17)21(25)18-10-9-16(2)20(15-18)23-30(27,28)19-7-5-4-6-8-19/h4-10,15,17,23H,3,11-14H2,1-2H3. The quantitative estimate of drug-likeness (QED) is 0.711. The maximum Gasteiger partial charge on any atom is 0.309 e. The fourth-order valence-electron chi connectivity index (χ4n) is 3.43. The van der Waals surface area contributed by atoms with Crippen molar-refractivity contribution < 1.29 is 22.7 Å². The van der Waals surface area contributed by atoms with Gasteiger partial charge in [-0.15, -0.1) is 0 Å². The number of hydrogen-bond donors (Lipinski definition) is 1. The van der Waals surface area contributed by atoms with Crippen molar-refractivity contribution in [3.8, 4) is 0 Å². The van der Waals surface area contributed by atoms with Crippen molar-refractivity contribution in [3.63, 3.8) is 0 Å². The number of benzene rings is 2. The second kappa shape index (κ2) is 9.30. The van der Waals surface area contributed by atoms with Gasteiger partial charge in [-0.25, -0.2) is 8.42 Å². The second-order valence-electron chi connectivity index (χ2n) is 7.27. The molecule has 0 aliphatic carbocycles. The Morgan fingerprint density at radius 2 is 1.77 bits per heavy atom. The summed E-state index contributed by atoms with van der Waals surface area (Å²) in [6.45, 7) is 4.82. The van der Waals surface area contributed by atoms with Crippen molar-refractivity contribution in [3.05, 3.63) is 59.7 Å². The van der Waals surface area contributed by atoms with E-state index in [0.29, 0.717) is 49.4 Å². The van der Waals surface area contributed by atoms with Gasteiger partial charge in [-0.1, -0.05) is 24.3 Å². The third-order valence-corrected chi connectivity index (χ3v) is 6.57. The van der Waals surface area contributed by atoms with Gasteiger partial charge in [0.2, 0.25) is 0 Å². The number of rotatable bonds is 6. The number of sulfonamides is 1. The number of piperidine rings is 1. The molecule has 0 unspecified atom stereocenters. The Bertz CT molecular complexity index is 1010. The van der Waals surface area contributed by atoms with Crippen molar-refractivity contribution in [2.45, 2.75) is 31.6 Å². The highest BCUT2D eigenvalue weighted by atomic mass is 32.2.